The summed E-state index contributed by atoms with van der Waals surface area (Å²) < 4.78 is 5.49. The molecule has 0 aromatic carbocycles. The Morgan fingerprint density at radius 1 is 1.31 bits per heavy atom. The molecule has 1 heterocycles. The molecule has 1 atom stereocenters. The molecule has 1 saturated heterocycles. The van der Waals surface area contributed by atoms with Gasteiger partial charge in [0.15, 0.2) is 0 Å². The zero-order chi connectivity index (χ0) is 12.0. The molecule has 4 heteroatoms. The topological polar surface area (TPSA) is 50.5 Å². The molecule has 0 aliphatic carbocycles. The molecule has 1 rings (SSSR count). The summed E-state index contributed by atoms with van der Waals surface area (Å²) in [6.07, 6.45) is 3.96. The van der Waals surface area contributed by atoms with E-state index in [4.69, 9.17) is 10.6 Å². The largest absolute Gasteiger partial charge is 0.380 e. The van der Waals surface area contributed by atoms with Crippen molar-refractivity contribution in [1.82, 2.24) is 10.3 Å². The van der Waals surface area contributed by atoms with Gasteiger partial charge in [-0.15, -0.1) is 0 Å². The summed E-state index contributed by atoms with van der Waals surface area (Å²) in [5, 5.41) is 0. The van der Waals surface area contributed by atoms with Crippen LogP contribution in [0.5, 0.6) is 0 Å². The van der Waals surface area contributed by atoms with E-state index in [1.165, 1.54) is 32.4 Å². The zero-order valence-electron chi connectivity index (χ0n) is 11.0. The minimum atomic E-state index is 0.0599. The molecular weight excluding hydrogens is 202 g/mol. The van der Waals surface area contributed by atoms with Crippen LogP contribution in [0.1, 0.15) is 40.0 Å². The van der Waals surface area contributed by atoms with Crippen molar-refractivity contribution in [3.05, 3.63) is 0 Å². The van der Waals surface area contributed by atoms with Gasteiger partial charge in [0.1, 0.15) is 0 Å². The lowest BCUT2D eigenvalue weighted by atomic mass is 9.91. The van der Waals surface area contributed by atoms with Crippen molar-refractivity contribution in [2.75, 3.05) is 26.3 Å². The molecule has 0 radical (unpaired) electrons. The number of ether oxygens (including phenoxy) is 1. The van der Waals surface area contributed by atoms with Gasteiger partial charge in [0.05, 0.1) is 12.6 Å². The summed E-state index contributed by atoms with van der Waals surface area (Å²) in [5.41, 5.74) is 2.97. The van der Waals surface area contributed by atoms with Crippen LogP contribution in [0, 0.1) is 0 Å². The van der Waals surface area contributed by atoms with Gasteiger partial charge in [0.25, 0.3) is 0 Å². The number of hydrogen-bond donors (Lipinski definition) is 2. The van der Waals surface area contributed by atoms with Crippen molar-refractivity contribution >= 4 is 0 Å². The standard InChI is InChI=1S/C12H27N3O/c1-4-16-10-11(14-13)12(2,3)15-8-6-5-7-9-15/h11,14H,4-10,13H2,1-3H3. The molecule has 1 fully saturated rings. The monoisotopic (exact) mass is 229 g/mol. The molecule has 3 N–H and O–H groups in total. The maximum Gasteiger partial charge on any atom is 0.0650 e. The van der Waals surface area contributed by atoms with Crippen molar-refractivity contribution in [3.63, 3.8) is 0 Å². The van der Waals surface area contributed by atoms with Crippen molar-refractivity contribution < 1.29 is 4.74 Å². The van der Waals surface area contributed by atoms with E-state index in [1.54, 1.807) is 0 Å². The first-order valence-corrected chi connectivity index (χ1v) is 6.41. The lowest BCUT2D eigenvalue weighted by molar-refractivity contribution is 0.0183. The number of likely N-dealkylation sites (tertiary alicyclic amines) is 1. The Hall–Kier alpha value is -0.160. The average Bonchev–Trinajstić information content (AvgIpc) is 2.31. The smallest absolute Gasteiger partial charge is 0.0650 e. The predicted octanol–water partition coefficient (Wildman–Crippen LogP) is 1.12. The average molecular weight is 229 g/mol. The SMILES string of the molecule is CCOCC(NN)C(C)(C)N1CCCCC1. The van der Waals surface area contributed by atoms with E-state index in [9.17, 15) is 0 Å². The third-order valence-electron chi connectivity index (χ3n) is 3.71. The second kappa shape index (κ2) is 6.55. The Morgan fingerprint density at radius 2 is 1.94 bits per heavy atom. The third kappa shape index (κ3) is 3.42. The number of hydrazine groups is 1. The van der Waals surface area contributed by atoms with E-state index in [0.29, 0.717) is 6.61 Å². The van der Waals surface area contributed by atoms with Gasteiger partial charge in [0.2, 0.25) is 0 Å². The molecule has 96 valence electrons. The van der Waals surface area contributed by atoms with Crippen LogP contribution in [0.15, 0.2) is 0 Å². The Bertz CT molecular complexity index is 191. The van der Waals surface area contributed by atoms with Crippen LogP contribution in [0.4, 0.5) is 0 Å². The first-order chi connectivity index (χ1) is 7.62. The summed E-state index contributed by atoms with van der Waals surface area (Å²) >= 11 is 0. The zero-order valence-corrected chi connectivity index (χ0v) is 11.0. The van der Waals surface area contributed by atoms with Crippen LogP contribution in [-0.4, -0.2) is 42.8 Å². The number of nitrogens with zero attached hydrogens (tertiary/aromatic N) is 1. The molecule has 0 aromatic heterocycles. The number of nitrogens with two attached hydrogens (primary N) is 1. The van der Waals surface area contributed by atoms with Crippen LogP contribution in [0.2, 0.25) is 0 Å². The first-order valence-electron chi connectivity index (χ1n) is 6.41. The molecule has 0 spiro atoms. The molecule has 0 saturated carbocycles. The fraction of sp³-hybridized carbons (Fsp3) is 1.00. The van der Waals surface area contributed by atoms with Crippen molar-refractivity contribution in [2.24, 2.45) is 5.84 Å². The molecule has 1 aliphatic heterocycles. The van der Waals surface area contributed by atoms with Crippen LogP contribution >= 0.6 is 0 Å². The summed E-state index contributed by atoms with van der Waals surface area (Å²) in [4.78, 5) is 2.53. The van der Waals surface area contributed by atoms with Gasteiger partial charge in [-0.2, -0.15) is 0 Å². The summed E-state index contributed by atoms with van der Waals surface area (Å²) in [6.45, 7) is 10.3. The Kier molecular flexibility index (Phi) is 5.69. The van der Waals surface area contributed by atoms with E-state index >= 15 is 0 Å². The van der Waals surface area contributed by atoms with Gasteiger partial charge in [-0.05, 0) is 46.7 Å². The van der Waals surface area contributed by atoms with E-state index in [0.717, 1.165) is 6.61 Å². The van der Waals surface area contributed by atoms with E-state index in [1.807, 2.05) is 6.92 Å². The van der Waals surface area contributed by atoms with Crippen LogP contribution < -0.4 is 11.3 Å². The number of piperidine rings is 1. The van der Waals surface area contributed by atoms with Crippen LogP contribution in [-0.2, 0) is 4.74 Å². The van der Waals surface area contributed by atoms with Gasteiger partial charge in [-0.3, -0.25) is 16.2 Å². The first kappa shape index (κ1) is 13.9. The van der Waals surface area contributed by atoms with Gasteiger partial charge in [-0.25, -0.2) is 0 Å². The maximum absolute atomic E-state index is 5.65. The molecular formula is C12H27N3O. The number of hydrogen-bond acceptors (Lipinski definition) is 4. The summed E-state index contributed by atoms with van der Waals surface area (Å²) in [6, 6.07) is 0.186. The van der Waals surface area contributed by atoms with E-state index in [-0.39, 0.29) is 11.6 Å². The number of rotatable bonds is 6. The fourth-order valence-electron chi connectivity index (χ4n) is 2.38. The maximum atomic E-state index is 5.65. The van der Waals surface area contributed by atoms with Gasteiger partial charge < -0.3 is 4.74 Å². The highest BCUT2D eigenvalue weighted by Gasteiger charge is 2.35. The van der Waals surface area contributed by atoms with Crippen molar-refractivity contribution in [2.45, 2.75) is 51.6 Å². The normalized spacial score (nSPS) is 21.0. The van der Waals surface area contributed by atoms with Gasteiger partial charge >= 0.3 is 0 Å². The van der Waals surface area contributed by atoms with E-state index in [2.05, 4.69) is 24.2 Å². The Labute approximate surface area is 99.5 Å². The van der Waals surface area contributed by atoms with Crippen molar-refractivity contribution in [1.29, 1.82) is 0 Å². The lowest BCUT2D eigenvalue weighted by Crippen LogP contribution is -2.62. The fourth-order valence-corrected chi connectivity index (χ4v) is 2.38. The minimum Gasteiger partial charge on any atom is -0.380 e. The highest BCUT2D eigenvalue weighted by atomic mass is 16.5. The Balaban J connectivity index is 2.56. The van der Waals surface area contributed by atoms with E-state index < -0.39 is 0 Å². The second-order valence-electron chi connectivity index (χ2n) is 5.08. The van der Waals surface area contributed by atoms with Gasteiger partial charge in [-0.1, -0.05) is 6.42 Å². The second-order valence-corrected chi connectivity index (χ2v) is 5.08. The molecule has 4 nitrogen and oxygen atoms in total. The molecule has 1 unspecified atom stereocenters. The molecule has 1 aliphatic rings. The van der Waals surface area contributed by atoms with Crippen molar-refractivity contribution in [3.8, 4) is 0 Å². The summed E-state index contributed by atoms with van der Waals surface area (Å²) in [5.74, 6) is 5.65. The minimum absolute atomic E-state index is 0.0599. The summed E-state index contributed by atoms with van der Waals surface area (Å²) in [7, 11) is 0. The van der Waals surface area contributed by atoms with Crippen LogP contribution in [0.3, 0.4) is 0 Å². The molecule has 16 heavy (non-hydrogen) atoms. The molecule has 0 aromatic rings. The van der Waals surface area contributed by atoms with Gasteiger partial charge in [0, 0.05) is 12.1 Å². The highest BCUT2D eigenvalue weighted by molar-refractivity contribution is 4.93. The Morgan fingerprint density at radius 3 is 2.44 bits per heavy atom. The highest BCUT2D eigenvalue weighted by Crippen LogP contribution is 2.23. The number of nitrogens with one attached hydrogen (secondary N) is 1. The predicted molar refractivity (Wildman–Crippen MR) is 67.1 cm³/mol. The van der Waals surface area contributed by atoms with Crippen LogP contribution in [0.25, 0.3) is 0 Å². The molecule has 0 amide bonds. The molecule has 0 bridgehead atoms. The lowest BCUT2D eigenvalue weighted by Gasteiger charge is -2.45. The third-order valence-corrected chi connectivity index (χ3v) is 3.71. The quantitative estimate of drug-likeness (QED) is 0.529.